The van der Waals surface area contributed by atoms with Crippen LogP contribution in [0.25, 0.3) is 6.08 Å². The molecule has 0 spiro atoms. The van der Waals surface area contributed by atoms with E-state index in [4.69, 9.17) is 4.74 Å². The van der Waals surface area contributed by atoms with Gasteiger partial charge >= 0.3 is 5.97 Å². The van der Waals surface area contributed by atoms with Crippen molar-refractivity contribution in [1.29, 1.82) is 5.26 Å². The monoisotopic (exact) mass is 413 g/mol. The van der Waals surface area contributed by atoms with Crippen LogP contribution in [0.3, 0.4) is 0 Å². The highest BCUT2D eigenvalue weighted by Crippen LogP contribution is 2.24. The lowest BCUT2D eigenvalue weighted by molar-refractivity contribution is -0.159. The fraction of sp³-hybridized carbons (Fsp3) is 0.625. The van der Waals surface area contributed by atoms with E-state index in [2.05, 4.69) is 18.4 Å². The zero-order valence-corrected chi connectivity index (χ0v) is 19.4. The average molecular weight is 414 g/mol. The fourth-order valence-corrected chi connectivity index (χ4v) is 4.25. The van der Waals surface area contributed by atoms with Crippen LogP contribution in [0.15, 0.2) is 11.6 Å². The molecule has 1 aromatic rings. The van der Waals surface area contributed by atoms with E-state index in [0.717, 1.165) is 42.8 Å². The first-order chi connectivity index (χ1) is 14.1. The molecule has 30 heavy (non-hydrogen) atoms. The molecule has 1 amide bonds. The summed E-state index contributed by atoms with van der Waals surface area (Å²) < 4.78 is 7.58. The van der Waals surface area contributed by atoms with Gasteiger partial charge in [-0.15, -0.1) is 0 Å². The maximum absolute atomic E-state index is 12.9. The standard InChI is InChI=1S/C24H35N3O3/c1-15(2)14-26-18(5)11-21(19(26)6)12-22(13-25)24(29)30-20(7)23(28)27-16(3)9-8-10-17(27)4/h11-12,15-17,20H,8-10,14H2,1-7H3/b22-12+/t16-,17+,20-/m0/s1. The van der Waals surface area contributed by atoms with Crippen LogP contribution >= 0.6 is 0 Å². The fourth-order valence-electron chi connectivity index (χ4n) is 4.25. The molecule has 1 aromatic heterocycles. The maximum Gasteiger partial charge on any atom is 0.349 e. The van der Waals surface area contributed by atoms with E-state index in [0.29, 0.717) is 5.92 Å². The number of hydrogen-bond donors (Lipinski definition) is 0. The van der Waals surface area contributed by atoms with Crippen molar-refractivity contribution in [2.75, 3.05) is 0 Å². The summed E-state index contributed by atoms with van der Waals surface area (Å²) in [5, 5.41) is 9.53. The molecular weight excluding hydrogens is 378 g/mol. The Labute approximate surface area is 180 Å². The summed E-state index contributed by atoms with van der Waals surface area (Å²) in [7, 11) is 0. The van der Waals surface area contributed by atoms with Crippen LogP contribution in [-0.4, -0.2) is 39.5 Å². The molecule has 2 rings (SSSR count). The van der Waals surface area contributed by atoms with Gasteiger partial charge < -0.3 is 14.2 Å². The molecule has 0 aliphatic carbocycles. The second-order valence-electron chi connectivity index (χ2n) is 8.92. The molecule has 0 unspecified atom stereocenters. The number of esters is 1. The molecule has 2 heterocycles. The van der Waals surface area contributed by atoms with E-state index in [1.807, 2.05) is 44.7 Å². The molecule has 3 atom stereocenters. The molecular formula is C24H35N3O3. The molecule has 1 fully saturated rings. The van der Waals surface area contributed by atoms with Gasteiger partial charge in [0.25, 0.3) is 5.91 Å². The number of nitrogens with zero attached hydrogens (tertiary/aromatic N) is 3. The molecule has 0 bridgehead atoms. The first kappa shape index (κ1) is 23.7. The van der Waals surface area contributed by atoms with Gasteiger partial charge in [0, 0.05) is 30.0 Å². The number of piperidine rings is 1. The zero-order chi connectivity index (χ0) is 22.6. The molecule has 164 valence electrons. The summed E-state index contributed by atoms with van der Waals surface area (Å²) in [6.45, 7) is 14.8. The third kappa shape index (κ3) is 5.33. The van der Waals surface area contributed by atoms with Crippen molar-refractivity contribution >= 4 is 18.0 Å². The van der Waals surface area contributed by atoms with Crippen LogP contribution < -0.4 is 0 Å². The van der Waals surface area contributed by atoms with Gasteiger partial charge in [0.1, 0.15) is 11.6 Å². The number of ether oxygens (including phenoxy) is 1. The van der Waals surface area contributed by atoms with Gasteiger partial charge in [-0.05, 0) is 77.5 Å². The predicted octanol–water partition coefficient (Wildman–Crippen LogP) is 4.39. The van der Waals surface area contributed by atoms with Crippen molar-refractivity contribution < 1.29 is 14.3 Å². The number of amides is 1. The number of likely N-dealkylation sites (tertiary alicyclic amines) is 1. The van der Waals surface area contributed by atoms with Crippen molar-refractivity contribution in [3.63, 3.8) is 0 Å². The molecule has 1 saturated heterocycles. The van der Waals surface area contributed by atoms with Crippen LogP contribution in [0.1, 0.15) is 70.8 Å². The lowest BCUT2D eigenvalue weighted by atomic mass is 9.97. The Balaban J connectivity index is 2.17. The topological polar surface area (TPSA) is 75.3 Å². The summed E-state index contributed by atoms with van der Waals surface area (Å²) >= 11 is 0. The van der Waals surface area contributed by atoms with Gasteiger partial charge in [-0.1, -0.05) is 13.8 Å². The van der Waals surface area contributed by atoms with E-state index in [-0.39, 0.29) is 23.6 Å². The number of aryl methyl sites for hydroxylation is 1. The third-order valence-corrected chi connectivity index (χ3v) is 5.88. The SMILES string of the molecule is Cc1cc(/C=C(\C#N)C(=O)O[C@@H](C)C(=O)N2[C@H](C)CCC[C@@H]2C)c(C)n1CC(C)C. The highest BCUT2D eigenvalue weighted by molar-refractivity contribution is 5.99. The minimum absolute atomic E-state index is 0.0980. The highest BCUT2D eigenvalue weighted by atomic mass is 16.5. The zero-order valence-electron chi connectivity index (χ0n) is 19.4. The Kier molecular flexibility index (Phi) is 7.89. The molecule has 1 aliphatic rings. The smallest absolute Gasteiger partial charge is 0.349 e. The predicted molar refractivity (Wildman–Crippen MR) is 118 cm³/mol. The number of rotatable bonds is 6. The molecule has 6 nitrogen and oxygen atoms in total. The first-order valence-corrected chi connectivity index (χ1v) is 10.9. The van der Waals surface area contributed by atoms with Crippen molar-refractivity contribution in [2.24, 2.45) is 5.92 Å². The van der Waals surface area contributed by atoms with Crippen molar-refractivity contribution in [3.05, 3.63) is 28.6 Å². The summed E-state index contributed by atoms with van der Waals surface area (Å²) in [5.41, 5.74) is 2.80. The van der Waals surface area contributed by atoms with Gasteiger partial charge in [0.05, 0.1) is 0 Å². The van der Waals surface area contributed by atoms with Crippen LogP contribution in [0.5, 0.6) is 0 Å². The van der Waals surface area contributed by atoms with Crippen molar-refractivity contribution in [1.82, 2.24) is 9.47 Å². The first-order valence-electron chi connectivity index (χ1n) is 10.9. The second-order valence-corrected chi connectivity index (χ2v) is 8.92. The van der Waals surface area contributed by atoms with Crippen LogP contribution in [0.2, 0.25) is 0 Å². The molecule has 0 radical (unpaired) electrons. The normalized spacial score (nSPS) is 20.8. The Bertz CT molecular complexity index is 850. The minimum atomic E-state index is -0.925. The minimum Gasteiger partial charge on any atom is -0.448 e. The Morgan fingerprint density at radius 2 is 1.83 bits per heavy atom. The Hall–Kier alpha value is -2.55. The Morgan fingerprint density at radius 3 is 2.37 bits per heavy atom. The van der Waals surface area contributed by atoms with Crippen LogP contribution in [-0.2, 0) is 20.9 Å². The lowest BCUT2D eigenvalue weighted by Gasteiger charge is -2.40. The molecule has 0 aromatic carbocycles. The van der Waals surface area contributed by atoms with Crippen LogP contribution in [0, 0.1) is 31.1 Å². The Morgan fingerprint density at radius 1 is 1.23 bits per heavy atom. The molecule has 6 heteroatoms. The van der Waals surface area contributed by atoms with E-state index in [1.54, 1.807) is 13.0 Å². The van der Waals surface area contributed by atoms with Crippen LogP contribution in [0.4, 0.5) is 0 Å². The van der Waals surface area contributed by atoms with Gasteiger partial charge in [0.15, 0.2) is 6.10 Å². The number of carbonyl (C=O) groups excluding carboxylic acids is 2. The number of hydrogen-bond acceptors (Lipinski definition) is 4. The molecule has 0 N–H and O–H groups in total. The second kappa shape index (κ2) is 9.97. The maximum atomic E-state index is 12.9. The highest BCUT2D eigenvalue weighted by Gasteiger charge is 2.33. The van der Waals surface area contributed by atoms with Gasteiger partial charge in [0.2, 0.25) is 0 Å². The van der Waals surface area contributed by atoms with E-state index >= 15 is 0 Å². The molecule has 0 saturated carbocycles. The number of carbonyl (C=O) groups is 2. The summed E-state index contributed by atoms with van der Waals surface area (Å²) in [5.74, 6) is -0.474. The average Bonchev–Trinajstić information content (AvgIpc) is 2.92. The van der Waals surface area contributed by atoms with Gasteiger partial charge in [-0.25, -0.2) is 4.79 Å². The third-order valence-electron chi connectivity index (χ3n) is 5.88. The van der Waals surface area contributed by atoms with Gasteiger partial charge in [-0.3, -0.25) is 4.79 Å². The number of aromatic nitrogens is 1. The summed E-state index contributed by atoms with van der Waals surface area (Å²) in [4.78, 5) is 27.3. The largest absolute Gasteiger partial charge is 0.448 e. The van der Waals surface area contributed by atoms with Crippen molar-refractivity contribution in [3.8, 4) is 6.07 Å². The lowest BCUT2D eigenvalue weighted by Crippen LogP contribution is -2.51. The number of nitriles is 1. The quantitative estimate of drug-likeness (QED) is 0.394. The molecule has 1 aliphatic heterocycles. The van der Waals surface area contributed by atoms with E-state index in [9.17, 15) is 14.9 Å². The van der Waals surface area contributed by atoms with Gasteiger partial charge in [-0.2, -0.15) is 5.26 Å². The van der Waals surface area contributed by atoms with E-state index in [1.165, 1.54) is 0 Å². The van der Waals surface area contributed by atoms with Crippen molar-refractivity contribution in [2.45, 2.75) is 92.5 Å². The summed E-state index contributed by atoms with van der Waals surface area (Å²) in [6.07, 6.45) is 3.63. The van der Waals surface area contributed by atoms with E-state index < -0.39 is 12.1 Å². The summed E-state index contributed by atoms with van der Waals surface area (Å²) in [6, 6.07) is 4.16.